The lowest BCUT2D eigenvalue weighted by Gasteiger charge is -2.19. The lowest BCUT2D eigenvalue weighted by molar-refractivity contribution is 0.0931. The molecule has 1 aliphatic heterocycles. The Labute approximate surface area is 128 Å². The minimum absolute atomic E-state index is 0.0223. The topological polar surface area (TPSA) is 101 Å². The average molecular weight is 306 g/mol. The zero-order valence-corrected chi connectivity index (χ0v) is 12.6. The molecule has 2 heterocycles. The highest BCUT2D eigenvalue weighted by atomic mass is 16.2. The second-order valence-corrected chi connectivity index (χ2v) is 6.23. The first kappa shape index (κ1) is 15.0. The number of hydrogen-bond acceptors (Lipinski definition) is 5. The largest absolute Gasteiger partial charge is 0.384 e. The Bertz CT molecular complexity index is 679. The van der Waals surface area contributed by atoms with E-state index in [1.807, 2.05) is 0 Å². The number of aromatic nitrogens is 2. The van der Waals surface area contributed by atoms with Crippen LogP contribution in [0.5, 0.6) is 0 Å². The van der Waals surface area contributed by atoms with Crippen molar-refractivity contribution in [1.82, 2.24) is 14.5 Å². The van der Waals surface area contributed by atoms with Crippen LogP contribution in [0.3, 0.4) is 0 Å². The van der Waals surface area contributed by atoms with Gasteiger partial charge >= 0.3 is 5.69 Å². The van der Waals surface area contributed by atoms with E-state index >= 15 is 0 Å². The smallest absolute Gasteiger partial charge is 0.330 e. The van der Waals surface area contributed by atoms with Crippen molar-refractivity contribution < 1.29 is 4.79 Å². The van der Waals surface area contributed by atoms with Gasteiger partial charge in [0.15, 0.2) is 5.78 Å². The number of H-pyrrole nitrogens is 1. The molecule has 0 unspecified atom stereocenters. The predicted octanol–water partition coefficient (Wildman–Crippen LogP) is 0.512. The van der Waals surface area contributed by atoms with E-state index in [2.05, 4.69) is 9.88 Å². The van der Waals surface area contributed by atoms with Crippen molar-refractivity contribution in [2.75, 3.05) is 25.4 Å². The summed E-state index contributed by atoms with van der Waals surface area (Å²) < 4.78 is 1.36. The number of hydrogen-bond donors (Lipinski definition) is 2. The molecular weight excluding hydrogens is 284 g/mol. The summed E-state index contributed by atoms with van der Waals surface area (Å²) in [6, 6.07) is 0.0223. The van der Waals surface area contributed by atoms with E-state index in [4.69, 9.17) is 5.73 Å². The summed E-state index contributed by atoms with van der Waals surface area (Å²) in [6.07, 6.45) is 6.22. The Kier molecular flexibility index (Phi) is 4.15. The molecule has 0 radical (unpaired) electrons. The van der Waals surface area contributed by atoms with E-state index in [9.17, 15) is 14.4 Å². The number of nitrogens with one attached hydrogen (secondary N) is 1. The number of ketones is 1. The third kappa shape index (κ3) is 2.99. The van der Waals surface area contributed by atoms with Crippen LogP contribution >= 0.6 is 0 Å². The number of nitrogens with zero attached hydrogens (tertiary/aromatic N) is 2. The second kappa shape index (κ2) is 6.08. The molecule has 0 spiro atoms. The fourth-order valence-electron chi connectivity index (χ4n) is 3.11. The fraction of sp³-hybridized carbons (Fsp3) is 0.667. The molecule has 7 nitrogen and oxygen atoms in total. The summed E-state index contributed by atoms with van der Waals surface area (Å²) in [5, 5.41) is 0. The highest BCUT2D eigenvalue weighted by molar-refractivity contribution is 6.01. The van der Waals surface area contributed by atoms with Crippen molar-refractivity contribution >= 4 is 11.6 Å². The lowest BCUT2D eigenvalue weighted by Crippen LogP contribution is -2.39. The van der Waals surface area contributed by atoms with Crippen molar-refractivity contribution in [3.05, 3.63) is 26.4 Å². The van der Waals surface area contributed by atoms with Gasteiger partial charge in [0, 0.05) is 6.04 Å². The lowest BCUT2D eigenvalue weighted by atomic mass is 10.1. The number of carbonyl (C=O) groups is 1. The van der Waals surface area contributed by atoms with Gasteiger partial charge in [-0.2, -0.15) is 0 Å². The van der Waals surface area contributed by atoms with Gasteiger partial charge in [0.25, 0.3) is 5.56 Å². The zero-order valence-electron chi connectivity index (χ0n) is 12.6. The fourth-order valence-corrected chi connectivity index (χ4v) is 3.11. The van der Waals surface area contributed by atoms with E-state index in [0.717, 1.165) is 38.8 Å². The number of rotatable bonds is 4. The first-order valence-electron chi connectivity index (χ1n) is 7.98. The van der Waals surface area contributed by atoms with Gasteiger partial charge < -0.3 is 5.73 Å². The van der Waals surface area contributed by atoms with Gasteiger partial charge in [-0.1, -0.05) is 12.8 Å². The Morgan fingerprint density at radius 2 is 1.77 bits per heavy atom. The van der Waals surface area contributed by atoms with Crippen molar-refractivity contribution in [3.63, 3.8) is 0 Å². The molecule has 1 aromatic rings. The van der Waals surface area contributed by atoms with Gasteiger partial charge in [-0.15, -0.1) is 0 Å². The summed E-state index contributed by atoms with van der Waals surface area (Å²) in [7, 11) is 0. The van der Waals surface area contributed by atoms with Crippen molar-refractivity contribution in [2.24, 2.45) is 0 Å². The van der Waals surface area contributed by atoms with Crippen molar-refractivity contribution in [2.45, 2.75) is 44.6 Å². The second-order valence-electron chi connectivity index (χ2n) is 6.23. The van der Waals surface area contributed by atoms with Gasteiger partial charge in [0.05, 0.1) is 6.54 Å². The van der Waals surface area contributed by atoms with Gasteiger partial charge in [-0.25, -0.2) is 4.79 Å². The molecule has 0 amide bonds. The minimum Gasteiger partial charge on any atom is -0.384 e. The van der Waals surface area contributed by atoms with Crippen LogP contribution in [0.4, 0.5) is 5.82 Å². The molecule has 22 heavy (non-hydrogen) atoms. The molecule has 3 rings (SSSR count). The molecule has 1 saturated heterocycles. The van der Waals surface area contributed by atoms with Crippen LogP contribution in [-0.4, -0.2) is 39.9 Å². The average Bonchev–Trinajstić information content (AvgIpc) is 3.26. The molecule has 7 heteroatoms. The molecule has 1 aromatic heterocycles. The standard InChI is InChI=1S/C15H22N4O3/c16-13-12(11(20)9-18-7-3-1-2-4-8-18)14(21)17-15(22)19(13)10-5-6-10/h10H,1-9,16H2,(H,17,21,22). The molecule has 1 saturated carbocycles. The third-order valence-corrected chi connectivity index (χ3v) is 4.44. The third-order valence-electron chi connectivity index (χ3n) is 4.44. The molecule has 0 aromatic carbocycles. The number of Topliss-reactive ketones (excluding diaryl/α,β-unsaturated/α-hetero) is 1. The van der Waals surface area contributed by atoms with Crippen LogP contribution in [0.1, 0.15) is 54.9 Å². The number of likely N-dealkylation sites (tertiary alicyclic amines) is 1. The number of nitrogens with two attached hydrogens (primary N) is 1. The van der Waals surface area contributed by atoms with Gasteiger partial charge in [0.1, 0.15) is 11.4 Å². The predicted molar refractivity (Wildman–Crippen MR) is 83.2 cm³/mol. The van der Waals surface area contributed by atoms with Gasteiger partial charge in [-0.3, -0.25) is 24.0 Å². The highest BCUT2D eigenvalue weighted by Gasteiger charge is 2.30. The monoisotopic (exact) mass is 306 g/mol. The maximum absolute atomic E-state index is 12.5. The highest BCUT2D eigenvalue weighted by Crippen LogP contribution is 2.35. The van der Waals surface area contributed by atoms with Crippen LogP contribution in [-0.2, 0) is 0 Å². The number of aromatic amines is 1. The van der Waals surface area contributed by atoms with E-state index in [1.54, 1.807) is 0 Å². The first-order valence-corrected chi connectivity index (χ1v) is 7.98. The van der Waals surface area contributed by atoms with Crippen LogP contribution in [0.15, 0.2) is 9.59 Å². The molecule has 0 bridgehead atoms. The van der Waals surface area contributed by atoms with E-state index in [1.165, 1.54) is 17.4 Å². The van der Waals surface area contributed by atoms with Crippen molar-refractivity contribution in [1.29, 1.82) is 0 Å². The summed E-state index contributed by atoms with van der Waals surface area (Å²) >= 11 is 0. The number of nitrogen functional groups attached to an aromatic ring is 1. The summed E-state index contributed by atoms with van der Waals surface area (Å²) in [6.45, 7) is 1.92. The molecule has 1 aliphatic carbocycles. The van der Waals surface area contributed by atoms with E-state index < -0.39 is 11.2 Å². The summed E-state index contributed by atoms with van der Waals surface area (Å²) in [5.41, 5.74) is 4.72. The van der Waals surface area contributed by atoms with Gasteiger partial charge in [0.2, 0.25) is 0 Å². The molecule has 3 N–H and O–H groups in total. The quantitative estimate of drug-likeness (QED) is 0.789. The molecule has 0 atom stereocenters. The van der Waals surface area contributed by atoms with Crippen LogP contribution in [0, 0.1) is 0 Å². The van der Waals surface area contributed by atoms with Gasteiger partial charge in [-0.05, 0) is 38.8 Å². The maximum Gasteiger partial charge on any atom is 0.330 e. The Morgan fingerprint density at radius 1 is 1.14 bits per heavy atom. The Morgan fingerprint density at radius 3 is 2.36 bits per heavy atom. The van der Waals surface area contributed by atoms with Crippen LogP contribution in [0.25, 0.3) is 0 Å². The maximum atomic E-state index is 12.5. The SMILES string of the molecule is Nc1c(C(=O)CN2CCCCCC2)c(=O)[nH]c(=O)n1C1CC1. The summed E-state index contributed by atoms with van der Waals surface area (Å²) in [4.78, 5) is 40.7. The molecule has 2 aliphatic rings. The normalized spacial score (nSPS) is 19.8. The minimum atomic E-state index is -0.667. The Balaban J connectivity index is 1.87. The number of carbonyl (C=O) groups excluding carboxylic acids is 1. The number of anilines is 1. The molecular formula is C15H22N4O3. The van der Waals surface area contributed by atoms with E-state index in [-0.39, 0.29) is 29.8 Å². The van der Waals surface area contributed by atoms with Crippen LogP contribution < -0.4 is 17.0 Å². The molecule has 2 fully saturated rings. The van der Waals surface area contributed by atoms with Crippen molar-refractivity contribution in [3.8, 4) is 0 Å². The first-order chi connectivity index (χ1) is 10.6. The van der Waals surface area contributed by atoms with Crippen LogP contribution in [0.2, 0.25) is 0 Å². The molecule has 120 valence electrons. The van der Waals surface area contributed by atoms with E-state index in [0.29, 0.717) is 0 Å². The zero-order chi connectivity index (χ0) is 15.7. The Hall–Kier alpha value is -1.89. The summed E-state index contributed by atoms with van der Waals surface area (Å²) in [5.74, 6) is -0.272.